The van der Waals surface area contributed by atoms with Crippen molar-refractivity contribution in [3.63, 3.8) is 0 Å². The maximum absolute atomic E-state index is 12.6. The number of likely N-dealkylation sites (N-methyl/N-ethyl adjacent to an activating group) is 1. The summed E-state index contributed by atoms with van der Waals surface area (Å²) in [6.07, 6.45) is -4.41. The van der Waals surface area contributed by atoms with Crippen LogP contribution in [0.1, 0.15) is 31.8 Å². The highest BCUT2D eigenvalue weighted by Crippen LogP contribution is 2.29. The fourth-order valence-corrected chi connectivity index (χ4v) is 2.60. The number of alkyl halides is 3. The maximum Gasteiger partial charge on any atom is 0.416 e. The number of primary amides is 2. The molecule has 0 spiro atoms. The predicted octanol–water partition coefficient (Wildman–Crippen LogP) is 1.97. The molecule has 10 heteroatoms. The van der Waals surface area contributed by atoms with Crippen LogP contribution < -0.4 is 16.8 Å². The van der Waals surface area contributed by atoms with Crippen molar-refractivity contribution in [1.29, 1.82) is 0 Å². The number of hydrogen-bond donors (Lipinski definition) is 3. The highest BCUT2D eigenvalue weighted by molar-refractivity contribution is 6.01. The number of carbonyl (C=O) groups excluding carboxylic acids is 3. The molecule has 154 valence electrons. The van der Waals surface area contributed by atoms with Gasteiger partial charge in [-0.15, -0.1) is 0 Å². The predicted molar refractivity (Wildman–Crippen MR) is 99.9 cm³/mol. The SMILES string of the molecule is CN(CC(=O)Nc1cc(C(N)=O)cc(C(N)=O)c1)Cc1ccc(C(F)(F)F)cc1. The van der Waals surface area contributed by atoms with Gasteiger partial charge in [0.05, 0.1) is 12.1 Å². The molecule has 7 nitrogen and oxygen atoms in total. The molecule has 0 heterocycles. The number of nitrogens with zero attached hydrogens (tertiary/aromatic N) is 1. The monoisotopic (exact) mass is 408 g/mol. The molecular formula is C19H19F3N4O3. The van der Waals surface area contributed by atoms with Crippen molar-refractivity contribution in [3.8, 4) is 0 Å². The van der Waals surface area contributed by atoms with Crippen molar-refractivity contribution >= 4 is 23.4 Å². The van der Waals surface area contributed by atoms with E-state index >= 15 is 0 Å². The molecule has 5 N–H and O–H groups in total. The largest absolute Gasteiger partial charge is 0.416 e. The second kappa shape index (κ2) is 8.74. The molecule has 0 atom stereocenters. The number of anilines is 1. The summed E-state index contributed by atoms with van der Waals surface area (Å²) in [5, 5.41) is 2.53. The van der Waals surface area contributed by atoms with E-state index in [1.54, 1.807) is 11.9 Å². The van der Waals surface area contributed by atoms with E-state index in [-0.39, 0.29) is 29.9 Å². The van der Waals surface area contributed by atoms with Crippen LogP contribution in [0.3, 0.4) is 0 Å². The standard InChI is InChI=1S/C19H19F3N4O3/c1-26(9-11-2-4-14(5-3-11)19(20,21)22)10-16(27)25-15-7-12(17(23)28)6-13(8-15)18(24)29/h2-8H,9-10H2,1H3,(H2,23,28)(H2,24,29)(H,25,27). The van der Waals surface area contributed by atoms with Crippen LogP contribution >= 0.6 is 0 Å². The van der Waals surface area contributed by atoms with E-state index in [0.29, 0.717) is 5.56 Å². The Labute approximate surface area is 164 Å². The van der Waals surface area contributed by atoms with Crippen LogP contribution in [-0.2, 0) is 17.5 Å². The van der Waals surface area contributed by atoms with Gasteiger partial charge in [0.25, 0.3) is 0 Å². The van der Waals surface area contributed by atoms with Crippen LogP contribution in [0.25, 0.3) is 0 Å². The van der Waals surface area contributed by atoms with Gasteiger partial charge in [0.1, 0.15) is 0 Å². The van der Waals surface area contributed by atoms with Gasteiger partial charge >= 0.3 is 6.18 Å². The van der Waals surface area contributed by atoms with Gasteiger partial charge < -0.3 is 16.8 Å². The van der Waals surface area contributed by atoms with Gasteiger partial charge in [-0.05, 0) is 42.9 Å². The molecule has 0 fully saturated rings. The first kappa shape index (κ1) is 21.9. The number of halogens is 3. The smallest absolute Gasteiger partial charge is 0.366 e. The summed E-state index contributed by atoms with van der Waals surface area (Å²) in [6, 6.07) is 8.47. The molecule has 2 aromatic carbocycles. The summed E-state index contributed by atoms with van der Waals surface area (Å²) in [7, 11) is 1.62. The van der Waals surface area contributed by atoms with Gasteiger partial charge in [-0.25, -0.2) is 0 Å². The second-order valence-electron chi connectivity index (χ2n) is 6.44. The van der Waals surface area contributed by atoms with Crippen molar-refractivity contribution in [3.05, 3.63) is 64.7 Å². The third kappa shape index (κ3) is 6.32. The maximum atomic E-state index is 12.6. The summed E-state index contributed by atoms with van der Waals surface area (Å²) in [5.74, 6) is -2.04. The topological polar surface area (TPSA) is 119 Å². The van der Waals surface area contributed by atoms with E-state index in [1.807, 2.05) is 0 Å². The molecule has 2 rings (SSSR count). The first-order valence-corrected chi connectivity index (χ1v) is 8.35. The Balaban J connectivity index is 2.01. The highest BCUT2D eigenvalue weighted by atomic mass is 19.4. The van der Waals surface area contributed by atoms with Crippen LogP contribution in [0, 0.1) is 0 Å². The van der Waals surface area contributed by atoms with E-state index in [9.17, 15) is 27.6 Å². The average molecular weight is 408 g/mol. The zero-order valence-electron chi connectivity index (χ0n) is 15.4. The van der Waals surface area contributed by atoms with Crippen LogP contribution in [0.15, 0.2) is 42.5 Å². The van der Waals surface area contributed by atoms with Gasteiger partial charge in [0.2, 0.25) is 17.7 Å². The normalized spacial score (nSPS) is 11.3. The first-order chi connectivity index (χ1) is 13.5. The number of hydrogen-bond acceptors (Lipinski definition) is 4. The zero-order chi connectivity index (χ0) is 21.8. The Bertz CT molecular complexity index is 895. The number of carbonyl (C=O) groups is 3. The molecule has 0 saturated carbocycles. The lowest BCUT2D eigenvalue weighted by Gasteiger charge is -2.17. The Morgan fingerprint density at radius 3 is 1.93 bits per heavy atom. The minimum absolute atomic E-state index is 0.00899. The molecule has 0 aliphatic carbocycles. The van der Waals surface area contributed by atoms with Crippen molar-refractivity contribution < 1.29 is 27.6 Å². The molecule has 29 heavy (non-hydrogen) atoms. The molecule has 0 aliphatic rings. The quantitative estimate of drug-likeness (QED) is 0.649. The fourth-order valence-electron chi connectivity index (χ4n) is 2.60. The molecule has 0 unspecified atom stereocenters. The van der Waals surface area contributed by atoms with Crippen LogP contribution in [0.5, 0.6) is 0 Å². The van der Waals surface area contributed by atoms with Gasteiger partial charge in [-0.2, -0.15) is 13.2 Å². The number of nitrogens with two attached hydrogens (primary N) is 2. The van der Waals surface area contributed by atoms with E-state index in [4.69, 9.17) is 11.5 Å². The van der Waals surface area contributed by atoms with Gasteiger partial charge in [0, 0.05) is 23.4 Å². The molecule has 0 saturated heterocycles. The number of rotatable bonds is 7. The Morgan fingerprint density at radius 2 is 1.48 bits per heavy atom. The van der Waals surface area contributed by atoms with Crippen LogP contribution in [0.2, 0.25) is 0 Å². The van der Waals surface area contributed by atoms with Crippen molar-refractivity contribution in [1.82, 2.24) is 4.90 Å². The zero-order valence-corrected chi connectivity index (χ0v) is 15.4. The lowest BCUT2D eigenvalue weighted by molar-refractivity contribution is -0.137. The van der Waals surface area contributed by atoms with E-state index in [0.717, 1.165) is 12.1 Å². The molecule has 0 aliphatic heterocycles. The van der Waals surface area contributed by atoms with Crippen molar-refractivity contribution in [2.24, 2.45) is 11.5 Å². The van der Waals surface area contributed by atoms with Crippen LogP contribution in [-0.4, -0.2) is 36.2 Å². The second-order valence-corrected chi connectivity index (χ2v) is 6.44. The molecular weight excluding hydrogens is 389 g/mol. The Hall–Kier alpha value is -3.40. The van der Waals surface area contributed by atoms with Gasteiger partial charge in [-0.3, -0.25) is 19.3 Å². The van der Waals surface area contributed by atoms with E-state index < -0.39 is 29.5 Å². The highest BCUT2D eigenvalue weighted by Gasteiger charge is 2.29. The summed E-state index contributed by atoms with van der Waals surface area (Å²) in [5.41, 5.74) is 10.4. The number of benzene rings is 2. The first-order valence-electron chi connectivity index (χ1n) is 8.35. The number of amides is 3. The van der Waals surface area contributed by atoms with Crippen molar-refractivity contribution in [2.45, 2.75) is 12.7 Å². The summed E-state index contributed by atoms with van der Waals surface area (Å²) in [6.45, 7) is 0.146. The Kier molecular flexibility index (Phi) is 6.60. The van der Waals surface area contributed by atoms with E-state index in [1.165, 1.54) is 30.3 Å². The summed E-state index contributed by atoms with van der Waals surface area (Å²) >= 11 is 0. The fraction of sp³-hybridized carbons (Fsp3) is 0.211. The van der Waals surface area contributed by atoms with Gasteiger partial charge in [-0.1, -0.05) is 12.1 Å². The lowest BCUT2D eigenvalue weighted by Crippen LogP contribution is -2.30. The summed E-state index contributed by atoms with van der Waals surface area (Å²) < 4.78 is 37.8. The molecule has 2 aromatic rings. The van der Waals surface area contributed by atoms with E-state index in [2.05, 4.69) is 5.32 Å². The van der Waals surface area contributed by atoms with Crippen LogP contribution in [0.4, 0.5) is 18.9 Å². The minimum atomic E-state index is -4.41. The number of nitrogens with one attached hydrogen (secondary N) is 1. The third-order valence-electron chi connectivity index (χ3n) is 3.93. The lowest BCUT2D eigenvalue weighted by atomic mass is 10.1. The average Bonchev–Trinajstić information content (AvgIpc) is 2.60. The molecule has 3 amide bonds. The Morgan fingerprint density at radius 1 is 0.966 bits per heavy atom. The molecule has 0 bridgehead atoms. The van der Waals surface area contributed by atoms with Gasteiger partial charge in [0.15, 0.2) is 0 Å². The molecule has 0 radical (unpaired) electrons. The molecule has 0 aromatic heterocycles. The van der Waals surface area contributed by atoms with Crippen molar-refractivity contribution in [2.75, 3.05) is 18.9 Å². The summed E-state index contributed by atoms with van der Waals surface area (Å²) in [4.78, 5) is 36.5. The third-order valence-corrected chi connectivity index (χ3v) is 3.93. The minimum Gasteiger partial charge on any atom is -0.366 e.